The Labute approximate surface area is 90.4 Å². The van der Waals surface area contributed by atoms with E-state index >= 15 is 0 Å². The largest absolute Gasteiger partial charge is 0.473 e. The fourth-order valence-corrected chi connectivity index (χ4v) is 1.01. The van der Waals surface area contributed by atoms with Crippen molar-refractivity contribution >= 4 is 28.4 Å². The van der Waals surface area contributed by atoms with Crippen LogP contribution >= 0.6 is 12.2 Å². The lowest BCUT2D eigenvalue weighted by atomic mass is 10.2. The highest BCUT2D eigenvalue weighted by molar-refractivity contribution is 7.79. The van der Waals surface area contributed by atoms with Gasteiger partial charge in [-0.3, -0.25) is 0 Å². The molecule has 15 heavy (non-hydrogen) atoms. The summed E-state index contributed by atoms with van der Waals surface area (Å²) in [6, 6.07) is 10.6. The summed E-state index contributed by atoms with van der Waals surface area (Å²) in [5, 5.41) is 14.6. The van der Waals surface area contributed by atoms with E-state index in [9.17, 15) is 4.79 Å². The summed E-state index contributed by atoms with van der Waals surface area (Å²) < 4.78 is 4.91. The van der Waals surface area contributed by atoms with Gasteiger partial charge < -0.3 is 14.6 Å². The number of aliphatic hydroxyl groups is 2. The van der Waals surface area contributed by atoms with Crippen molar-refractivity contribution in [2.75, 3.05) is 0 Å². The standard InChI is InChI=1S/C9H6O2.CH2O2S/c10-9-6-5-7-3-1-2-4-8(7)11-9;2-1(3)4/h1-6H;(H2,2,3,4). The maximum Gasteiger partial charge on any atom is 0.347 e. The minimum absolute atomic E-state index is 0.302. The van der Waals surface area contributed by atoms with Gasteiger partial charge in [0.15, 0.2) is 0 Å². The molecule has 4 nitrogen and oxygen atoms in total. The van der Waals surface area contributed by atoms with Crippen LogP contribution in [0.15, 0.2) is 45.6 Å². The summed E-state index contributed by atoms with van der Waals surface area (Å²) in [5.41, 5.74) is 0.337. The second kappa shape index (κ2) is 5.11. The van der Waals surface area contributed by atoms with Gasteiger partial charge in [-0.2, -0.15) is 0 Å². The average Bonchev–Trinajstić information content (AvgIpc) is 2.16. The zero-order chi connectivity index (χ0) is 11.3. The molecule has 0 spiro atoms. The summed E-state index contributed by atoms with van der Waals surface area (Å²) >= 11 is 3.65. The highest BCUT2D eigenvalue weighted by Crippen LogP contribution is 2.08. The Kier molecular flexibility index (Phi) is 3.82. The summed E-state index contributed by atoms with van der Waals surface area (Å²) in [6.07, 6.45) is 0. The topological polar surface area (TPSA) is 70.7 Å². The van der Waals surface area contributed by atoms with Crippen LogP contribution in [0.3, 0.4) is 0 Å². The zero-order valence-corrected chi connectivity index (χ0v) is 8.40. The van der Waals surface area contributed by atoms with E-state index in [0.717, 1.165) is 5.39 Å². The SMILES string of the molecule is O=c1ccc2ccccc2o1.OC(O)=S. The van der Waals surface area contributed by atoms with Crippen LogP contribution in [0.2, 0.25) is 0 Å². The number of rotatable bonds is 0. The first-order chi connectivity index (χ1) is 7.09. The molecular weight excluding hydrogens is 216 g/mol. The van der Waals surface area contributed by atoms with Crippen LogP contribution in [0.5, 0.6) is 0 Å². The fourth-order valence-electron chi connectivity index (χ4n) is 1.01. The third-order valence-corrected chi connectivity index (χ3v) is 1.53. The Morgan fingerprint density at radius 2 is 1.73 bits per heavy atom. The maximum atomic E-state index is 10.7. The normalized spacial score (nSPS) is 9.07. The number of hydrogen-bond donors (Lipinski definition) is 2. The van der Waals surface area contributed by atoms with Gasteiger partial charge in [-0.15, -0.1) is 0 Å². The van der Waals surface area contributed by atoms with Gasteiger partial charge >= 0.3 is 10.9 Å². The van der Waals surface area contributed by atoms with Crippen molar-refractivity contribution in [3.8, 4) is 0 Å². The van der Waals surface area contributed by atoms with Crippen molar-refractivity contribution < 1.29 is 14.6 Å². The number of fused-ring (bicyclic) bond motifs is 1. The second-order valence-corrected chi connectivity index (χ2v) is 2.94. The molecule has 0 aliphatic heterocycles. The smallest absolute Gasteiger partial charge is 0.347 e. The Hall–Kier alpha value is -1.88. The molecule has 0 fully saturated rings. The Morgan fingerprint density at radius 3 is 2.40 bits per heavy atom. The van der Waals surface area contributed by atoms with Gasteiger partial charge in [-0.1, -0.05) is 18.2 Å². The molecular formula is C10H8O4S. The minimum Gasteiger partial charge on any atom is -0.473 e. The van der Waals surface area contributed by atoms with Crippen LogP contribution in [0.25, 0.3) is 11.0 Å². The van der Waals surface area contributed by atoms with Crippen LogP contribution in [0.1, 0.15) is 0 Å². The number of aliphatic hydroxyl groups excluding tert-OH is 1. The molecule has 0 unspecified atom stereocenters. The molecule has 1 aromatic carbocycles. The van der Waals surface area contributed by atoms with Crippen LogP contribution in [-0.2, 0) is 0 Å². The lowest BCUT2D eigenvalue weighted by molar-refractivity contribution is 0.386. The van der Waals surface area contributed by atoms with Crippen molar-refractivity contribution in [1.29, 1.82) is 0 Å². The summed E-state index contributed by atoms with van der Waals surface area (Å²) in [6.45, 7) is 0. The lowest BCUT2D eigenvalue weighted by Crippen LogP contribution is -1.93. The van der Waals surface area contributed by atoms with E-state index in [1.807, 2.05) is 18.2 Å². The average molecular weight is 224 g/mol. The third kappa shape index (κ3) is 3.78. The molecule has 0 aliphatic carbocycles. The molecule has 78 valence electrons. The summed E-state index contributed by atoms with van der Waals surface area (Å²) in [5.74, 6) is 0. The molecule has 2 aromatic rings. The molecule has 1 aromatic heterocycles. The molecule has 0 aliphatic rings. The lowest BCUT2D eigenvalue weighted by Gasteiger charge is -1.91. The molecule has 5 heteroatoms. The molecule has 2 N–H and O–H groups in total. The van der Waals surface area contributed by atoms with Gasteiger partial charge in [-0.05, 0) is 12.1 Å². The monoisotopic (exact) mass is 224 g/mol. The van der Waals surface area contributed by atoms with Gasteiger partial charge in [0.2, 0.25) is 0 Å². The van der Waals surface area contributed by atoms with Gasteiger partial charge in [0.05, 0.1) is 0 Å². The molecule has 2 rings (SSSR count). The van der Waals surface area contributed by atoms with E-state index in [0.29, 0.717) is 5.58 Å². The summed E-state index contributed by atoms with van der Waals surface area (Å²) in [4.78, 5) is 10.7. The second-order valence-electron chi connectivity index (χ2n) is 2.57. The van der Waals surface area contributed by atoms with E-state index in [1.165, 1.54) is 6.07 Å². The van der Waals surface area contributed by atoms with E-state index in [4.69, 9.17) is 14.6 Å². The van der Waals surface area contributed by atoms with Crippen LogP contribution in [-0.4, -0.2) is 15.4 Å². The van der Waals surface area contributed by atoms with E-state index < -0.39 is 5.24 Å². The molecule has 0 radical (unpaired) electrons. The Morgan fingerprint density at radius 1 is 1.13 bits per heavy atom. The first-order valence-electron chi connectivity index (χ1n) is 4.00. The quantitative estimate of drug-likeness (QED) is 0.530. The Bertz CT molecular complexity index is 514. The van der Waals surface area contributed by atoms with Gasteiger partial charge in [0.25, 0.3) is 0 Å². The van der Waals surface area contributed by atoms with Crippen LogP contribution in [0, 0.1) is 0 Å². The van der Waals surface area contributed by atoms with Crippen molar-refractivity contribution in [2.24, 2.45) is 0 Å². The van der Waals surface area contributed by atoms with Crippen molar-refractivity contribution in [1.82, 2.24) is 0 Å². The highest BCUT2D eigenvalue weighted by Gasteiger charge is 1.92. The van der Waals surface area contributed by atoms with Crippen LogP contribution < -0.4 is 5.63 Å². The van der Waals surface area contributed by atoms with Crippen molar-refractivity contribution in [3.63, 3.8) is 0 Å². The number of para-hydroxylation sites is 1. The van der Waals surface area contributed by atoms with Crippen LogP contribution in [0.4, 0.5) is 0 Å². The molecule has 0 saturated heterocycles. The van der Waals surface area contributed by atoms with Gasteiger partial charge in [0, 0.05) is 23.7 Å². The predicted molar refractivity (Wildman–Crippen MR) is 60.3 cm³/mol. The number of benzene rings is 1. The first kappa shape index (κ1) is 11.2. The van der Waals surface area contributed by atoms with Crippen molar-refractivity contribution in [2.45, 2.75) is 0 Å². The van der Waals surface area contributed by atoms with E-state index in [-0.39, 0.29) is 5.63 Å². The zero-order valence-electron chi connectivity index (χ0n) is 7.58. The van der Waals surface area contributed by atoms with E-state index in [1.54, 1.807) is 12.1 Å². The van der Waals surface area contributed by atoms with Gasteiger partial charge in [-0.25, -0.2) is 4.79 Å². The number of hydrogen-bond acceptors (Lipinski definition) is 3. The summed E-state index contributed by atoms with van der Waals surface area (Å²) in [7, 11) is 0. The molecule has 0 amide bonds. The third-order valence-electron chi connectivity index (χ3n) is 1.53. The maximum absolute atomic E-state index is 10.7. The molecule has 1 heterocycles. The minimum atomic E-state index is -1.000. The molecule has 0 atom stereocenters. The van der Waals surface area contributed by atoms with E-state index in [2.05, 4.69) is 12.2 Å². The van der Waals surface area contributed by atoms with Gasteiger partial charge in [0.1, 0.15) is 5.58 Å². The number of thiocarbonyl (C=S) groups is 1. The molecule has 0 saturated carbocycles. The van der Waals surface area contributed by atoms with Crippen molar-refractivity contribution in [3.05, 3.63) is 46.8 Å². The first-order valence-corrected chi connectivity index (χ1v) is 4.41. The highest BCUT2D eigenvalue weighted by atomic mass is 32.1. The molecule has 0 bridgehead atoms. The predicted octanol–water partition coefficient (Wildman–Crippen LogP) is 2.18. The fraction of sp³-hybridized carbons (Fsp3) is 0. The Balaban J connectivity index is 0.000000245.